The Hall–Kier alpha value is -4.52. The van der Waals surface area contributed by atoms with Gasteiger partial charge in [0.25, 0.3) is 0 Å². The Morgan fingerprint density at radius 1 is 0.230 bits per heavy atom. The van der Waals surface area contributed by atoms with Crippen LogP contribution in [0, 0.1) is 10.8 Å². The van der Waals surface area contributed by atoms with Crippen LogP contribution in [-0.4, -0.2) is 24.6 Å². The van der Waals surface area contributed by atoms with Gasteiger partial charge in [0.15, 0.2) is 0 Å². The van der Waals surface area contributed by atoms with Gasteiger partial charge in [0.05, 0.1) is 0 Å². The number of benzene rings is 8. The SMILES string of the molecule is c1ccc(P(CC2(CP(c3ccccc3)c3ccccc3)CCCC2(CP(c2ccccc2)c2ccccc2)CP(c2ccccc2)c2ccccc2)c2ccccc2)cc1. The molecule has 0 spiro atoms. The van der Waals surface area contributed by atoms with Crippen LogP contribution in [0.15, 0.2) is 243 Å². The molecule has 1 fully saturated rings. The minimum absolute atomic E-state index is 0.0378. The average Bonchev–Trinajstić information content (AvgIpc) is 3.69. The highest BCUT2D eigenvalue weighted by Gasteiger charge is 2.57. The van der Waals surface area contributed by atoms with Gasteiger partial charge < -0.3 is 0 Å². The standard InChI is InChI=1S/C57H54P4/c1-9-26-48(27-10-1)58(49-28-11-2-12-29-49)44-56(45-59(50-30-13-3-14-31-50)51-32-15-4-16-33-51)42-25-43-57(56,46-60(52-34-17-5-18-35-52)53-36-19-6-20-37-53)47-61(54-38-21-7-22-39-54)55-40-23-8-24-41-55/h1-24,26-41H,25,42-47H2. The molecule has 0 aromatic heterocycles. The number of hydrogen-bond donors (Lipinski definition) is 0. The van der Waals surface area contributed by atoms with E-state index < -0.39 is 31.7 Å². The number of hydrogen-bond acceptors (Lipinski definition) is 0. The molecule has 0 aliphatic heterocycles. The molecule has 4 heteroatoms. The van der Waals surface area contributed by atoms with E-state index in [1.54, 1.807) is 0 Å². The van der Waals surface area contributed by atoms with Crippen molar-refractivity contribution in [2.75, 3.05) is 24.6 Å². The molecular formula is C57H54P4. The Labute approximate surface area is 369 Å². The second-order valence-electron chi connectivity index (χ2n) is 16.4. The van der Waals surface area contributed by atoms with E-state index in [1.165, 1.54) is 86.3 Å². The number of rotatable bonds is 16. The van der Waals surface area contributed by atoms with E-state index in [0.717, 1.165) is 0 Å². The largest absolute Gasteiger partial charge is 0.0622 e. The Kier molecular flexibility index (Phi) is 13.8. The van der Waals surface area contributed by atoms with Gasteiger partial charge >= 0.3 is 0 Å². The molecule has 0 amide bonds. The molecule has 0 radical (unpaired) electrons. The Morgan fingerprint density at radius 2 is 0.377 bits per heavy atom. The summed E-state index contributed by atoms with van der Waals surface area (Å²) in [6, 6.07) is 92.9. The van der Waals surface area contributed by atoms with E-state index in [1.807, 2.05) is 0 Å². The molecule has 302 valence electrons. The summed E-state index contributed by atoms with van der Waals surface area (Å²) in [7, 11) is -2.72. The van der Waals surface area contributed by atoms with Crippen molar-refractivity contribution in [1.82, 2.24) is 0 Å². The quantitative estimate of drug-likeness (QED) is 0.0849. The molecule has 1 aliphatic rings. The first kappa shape index (κ1) is 41.8. The summed E-state index contributed by atoms with van der Waals surface area (Å²) in [6.07, 6.45) is 8.43. The molecular weight excluding hydrogens is 809 g/mol. The third-order valence-corrected chi connectivity index (χ3v) is 23.9. The van der Waals surface area contributed by atoms with Crippen LogP contribution in [0.2, 0.25) is 0 Å². The van der Waals surface area contributed by atoms with Gasteiger partial charge in [-0.2, -0.15) is 0 Å². The van der Waals surface area contributed by atoms with Crippen LogP contribution in [0.1, 0.15) is 19.3 Å². The smallest absolute Gasteiger partial charge is 0.0143 e. The van der Waals surface area contributed by atoms with Gasteiger partial charge in [0.1, 0.15) is 0 Å². The van der Waals surface area contributed by atoms with Crippen molar-refractivity contribution in [1.29, 1.82) is 0 Å². The van der Waals surface area contributed by atoms with Crippen LogP contribution in [0.3, 0.4) is 0 Å². The zero-order chi connectivity index (χ0) is 41.2. The zero-order valence-electron chi connectivity index (χ0n) is 34.8. The lowest BCUT2D eigenvalue weighted by atomic mass is 9.70. The molecule has 0 heterocycles. The molecule has 61 heavy (non-hydrogen) atoms. The van der Waals surface area contributed by atoms with Crippen molar-refractivity contribution in [2.45, 2.75) is 19.3 Å². The van der Waals surface area contributed by atoms with Crippen LogP contribution in [0.5, 0.6) is 0 Å². The van der Waals surface area contributed by atoms with Gasteiger partial charge in [-0.25, -0.2) is 0 Å². The van der Waals surface area contributed by atoms with E-state index in [0.29, 0.717) is 0 Å². The maximum absolute atomic E-state index is 2.43. The summed E-state index contributed by atoms with van der Waals surface area (Å²) < 4.78 is 0. The summed E-state index contributed by atoms with van der Waals surface area (Å²) in [6.45, 7) is 0. The van der Waals surface area contributed by atoms with Crippen molar-refractivity contribution in [2.24, 2.45) is 10.8 Å². The molecule has 0 nitrogen and oxygen atoms in total. The Balaban J connectivity index is 1.31. The fourth-order valence-corrected chi connectivity index (χ4v) is 21.9. The van der Waals surface area contributed by atoms with Crippen LogP contribution in [-0.2, 0) is 0 Å². The van der Waals surface area contributed by atoms with Crippen molar-refractivity contribution >= 4 is 74.1 Å². The third-order valence-electron chi connectivity index (χ3n) is 12.8. The molecule has 1 aliphatic carbocycles. The molecule has 8 aromatic carbocycles. The van der Waals surface area contributed by atoms with E-state index in [-0.39, 0.29) is 10.8 Å². The fourth-order valence-electron chi connectivity index (χ4n) is 9.78. The molecule has 0 saturated heterocycles. The summed E-state index contributed by atoms with van der Waals surface area (Å²) in [5.74, 6) is 0. The maximum Gasteiger partial charge on any atom is -0.0143 e. The minimum atomic E-state index is -0.680. The van der Waals surface area contributed by atoms with Gasteiger partial charge in [-0.1, -0.05) is 249 Å². The van der Waals surface area contributed by atoms with Gasteiger partial charge in [0.2, 0.25) is 0 Å². The first-order valence-electron chi connectivity index (χ1n) is 21.7. The second kappa shape index (κ2) is 20.1. The molecule has 0 N–H and O–H groups in total. The maximum atomic E-state index is 2.43. The zero-order valence-corrected chi connectivity index (χ0v) is 38.4. The monoisotopic (exact) mass is 862 g/mol. The molecule has 0 bridgehead atoms. The van der Waals surface area contributed by atoms with Gasteiger partial charge in [-0.3, -0.25) is 0 Å². The lowest BCUT2D eigenvalue weighted by molar-refractivity contribution is 0.177. The molecule has 0 unspecified atom stereocenters. The van der Waals surface area contributed by atoms with E-state index in [4.69, 9.17) is 0 Å². The first-order chi connectivity index (χ1) is 30.2. The highest BCUT2D eigenvalue weighted by Crippen LogP contribution is 2.67. The molecule has 9 rings (SSSR count). The van der Waals surface area contributed by atoms with Gasteiger partial charge in [-0.05, 0) is 122 Å². The van der Waals surface area contributed by atoms with Crippen LogP contribution in [0.4, 0.5) is 0 Å². The predicted octanol–water partition coefficient (Wildman–Crippen LogP) is 11.7. The normalized spacial score (nSPS) is 14.5. The van der Waals surface area contributed by atoms with Crippen molar-refractivity contribution in [3.05, 3.63) is 243 Å². The minimum Gasteiger partial charge on any atom is -0.0622 e. The molecule has 8 aromatic rings. The second-order valence-corrected chi connectivity index (χ2v) is 25.3. The third kappa shape index (κ3) is 9.61. The lowest BCUT2D eigenvalue weighted by Crippen LogP contribution is -2.50. The van der Waals surface area contributed by atoms with Crippen molar-refractivity contribution in [3.8, 4) is 0 Å². The van der Waals surface area contributed by atoms with E-state index in [2.05, 4.69) is 243 Å². The lowest BCUT2D eigenvalue weighted by Gasteiger charge is -2.52. The molecule has 0 atom stereocenters. The van der Waals surface area contributed by atoms with Crippen molar-refractivity contribution < 1.29 is 0 Å². The molecule has 1 saturated carbocycles. The predicted molar refractivity (Wildman–Crippen MR) is 274 cm³/mol. The van der Waals surface area contributed by atoms with E-state index in [9.17, 15) is 0 Å². The Morgan fingerprint density at radius 3 is 0.525 bits per heavy atom. The van der Waals surface area contributed by atoms with Crippen molar-refractivity contribution in [3.63, 3.8) is 0 Å². The fraction of sp³-hybridized carbons (Fsp3) is 0.158. The summed E-state index contributed by atoms with van der Waals surface area (Å²) in [5.41, 5.74) is 0.0755. The van der Waals surface area contributed by atoms with Crippen LogP contribution < -0.4 is 42.4 Å². The van der Waals surface area contributed by atoms with Gasteiger partial charge in [0, 0.05) is 0 Å². The highest BCUT2D eigenvalue weighted by atomic mass is 31.1. The topological polar surface area (TPSA) is 0 Å². The summed E-state index contributed by atoms with van der Waals surface area (Å²) >= 11 is 0. The van der Waals surface area contributed by atoms with Gasteiger partial charge in [-0.15, -0.1) is 0 Å². The van der Waals surface area contributed by atoms with E-state index >= 15 is 0 Å². The summed E-state index contributed by atoms with van der Waals surface area (Å²) in [5, 5.41) is 12.0. The van der Waals surface area contributed by atoms with Crippen LogP contribution >= 0.6 is 31.7 Å². The average molecular weight is 863 g/mol. The highest BCUT2D eigenvalue weighted by molar-refractivity contribution is 7.75. The first-order valence-corrected chi connectivity index (χ1v) is 27.8. The summed E-state index contributed by atoms with van der Waals surface area (Å²) in [4.78, 5) is 0. The Bertz CT molecular complexity index is 2000. The van der Waals surface area contributed by atoms with Crippen LogP contribution in [0.25, 0.3) is 0 Å².